The minimum Gasteiger partial charge on any atom is -0.491 e. The van der Waals surface area contributed by atoms with Crippen LogP contribution in [-0.2, 0) is 15.0 Å². The van der Waals surface area contributed by atoms with Gasteiger partial charge in [-0.1, -0.05) is 6.07 Å². The Kier molecular flexibility index (Phi) is 5.14. The number of benzene rings is 2. The van der Waals surface area contributed by atoms with Gasteiger partial charge in [0.05, 0.1) is 12.7 Å². The quantitative estimate of drug-likeness (QED) is 0.594. The standard InChI is InChI=1S/C24H24N4O4/c1-15(2)29-7-8-30-18-4-6-22-20(10-18)24(13-31-23(25)28-24)19-9-16(3-5-21(19)32-22)17-11-26-14-27-12-17/h3-6,9-12,14-15H,7-8,13H2,1-2H3,(H2,25,28)/t24-/m0/s1. The molecule has 0 radical (unpaired) electrons. The Morgan fingerprint density at radius 1 is 1.00 bits per heavy atom. The van der Waals surface area contributed by atoms with Crippen molar-refractivity contribution in [3.05, 3.63) is 66.2 Å². The van der Waals surface area contributed by atoms with E-state index in [1.165, 1.54) is 6.33 Å². The van der Waals surface area contributed by atoms with Crippen LogP contribution in [0.1, 0.15) is 25.0 Å². The molecule has 0 unspecified atom stereocenters. The Morgan fingerprint density at radius 2 is 1.75 bits per heavy atom. The zero-order chi connectivity index (χ0) is 22.1. The molecule has 8 nitrogen and oxygen atoms in total. The average Bonchev–Trinajstić information content (AvgIpc) is 3.20. The highest BCUT2D eigenvalue weighted by molar-refractivity contribution is 5.78. The van der Waals surface area contributed by atoms with Crippen molar-refractivity contribution in [1.82, 2.24) is 9.97 Å². The highest BCUT2D eigenvalue weighted by Gasteiger charge is 2.47. The van der Waals surface area contributed by atoms with E-state index < -0.39 is 5.54 Å². The van der Waals surface area contributed by atoms with Gasteiger partial charge in [-0.05, 0) is 49.7 Å². The van der Waals surface area contributed by atoms with Crippen molar-refractivity contribution in [2.75, 3.05) is 19.8 Å². The summed E-state index contributed by atoms with van der Waals surface area (Å²) < 4.78 is 23.4. The van der Waals surface area contributed by atoms with Crippen molar-refractivity contribution in [1.29, 1.82) is 0 Å². The van der Waals surface area contributed by atoms with E-state index in [2.05, 4.69) is 9.97 Å². The lowest BCUT2D eigenvalue weighted by molar-refractivity contribution is 0.0552. The molecule has 164 valence electrons. The number of nitrogens with zero attached hydrogens (tertiary/aromatic N) is 3. The number of amidine groups is 1. The van der Waals surface area contributed by atoms with E-state index in [0.717, 1.165) is 22.3 Å². The van der Waals surface area contributed by atoms with Crippen LogP contribution >= 0.6 is 0 Å². The predicted octanol–water partition coefficient (Wildman–Crippen LogP) is 3.64. The Labute approximate surface area is 186 Å². The smallest absolute Gasteiger partial charge is 0.283 e. The molecular weight excluding hydrogens is 408 g/mol. The van der Waals surface area contributed by atoms with Gasteiger partial charge in [0, 0.05) is 29.1 Å². The first kappa shape index (κ1) is 20.3. The van der Waals surface area contributed by atoms with Gasteiger partial charge >= 0.3 is 0 Å². The number of hydrogen-bond donors (Lipinski definition) is 1. The Bertz CT molecular complexity index is 1170. The largest absolute Gasteiger partial charge is 0.491 e. The number of nitrogens with two attached hydrogens (primary N) is 1. The molecule has 0 saturated heterocycles. The zero-order valence-corrected chi connectivity index (χ0v) is 17.9. The summed E-state index contributed by atoms with van der Waals surface area (Å²) in [6, 6.07) is 11.8. The van der Waals surface area contributed by atoms with E-state index in [0.29, 0.717) is 30.5 Å². The molecule has 0 aliphatic carbocycles. The average molecular weight is 432 g/mol. The molecule has 0 saturated carbocycles. The first-order valence-electron chi connectivity index (χ1n) is 10.5. The summed E-state index contributed by atoms with van der Waals surface area (Å²) >= 11 is 0. The van der Waals surface area contributed by atoms with Crippen LogP contribution in [0.4, 0.5) is 0 Å². The Morgan fingerprint density at radius 3 is 2.47 bits per heavy atom. The van der Waals surface area contributed by atoms with E-state index in [9.17, 15) is 0 Å². The van der Waals surface area contributed by atoms with Crippen LogP contribution in [0.2, 0.25) is 0 Å². The van der Waals surface area contributed by atoms with Gasteiger partial charge in [-0.25, -0.2) is 15.0 Å². The minimum absolute atomic E-state index is 0.147. The van der Waals surface area contributed by atoms with Gasteiger partial charge < -0.3 is 24.7 Å². The van der Waals surface area contributed by atoms with Crippen LogP contribution < -0.4 is 15.2 Å². The fourth-order valence-electron chi connectivity index (χ4n) is 3.99. The molecule has 8 heteroatoms. The molecule has 3 heterocycles. The van der Waals surface area contributed by atoms with E-state index in [4.69, 9.17) is 29.7 Å². The van der Waals surface area contributed by atoms with Crippen LogP contribution in [-0.4, -0.2) is 41.9 Å². The van der Waals surface area contributed by atoms with Gasteiger partial charge in [-0.3, -0.25) is 0 Å². The summed E-state index contributed by atoms with van der Waals surface area (Å²) in [5.41, 5.74) is 8.72. The summed E-state index contributed by atoms with van der Waals surface area (Å²) in [7, 11) is 0. The van der Waals surface area contributed by atoms with Gasteiger partial charge in [-0.15, -0.1) is 0 Å². The first-order chi connectivity index (χ1) is 15.5. The second kappa shape index (κ2) is 8.12. The van der Waals surface area contributed by atoms with Crippen molar-refractivity contribution in [2.45, 2.75) is 25.5 Å². The van der Waals surface area contributed by atoms with Crippen LogP contribution in [0.25, 0.3) is 11.1 Å². The van der Waals surface area contributed by atoms with Crippen molar-refractivity contribution < 1.29 is 18.9 Å². The molecule has 1 atom stereocenters. The van der Waals surface area contributed by atoms with Crippen molar-refractivity contribution in [3.63, 3.8) is 0 Å². The number of ether oxygens (including phenoxy) is 4. The molecule has 2 aliphatic heterocycles. The molecule has 3 aromatic rings. The number of fused-ring (bicyclic) bond motifs is 4. The van der Waals surface area contributed by atoms with Crippen molar-refractivity contribution in [3.8, 4) is 28.4 Å². The molecule has 2 N–H and O–H groups in total. The summed E-state index contributed by atoms with van der Waals surface area (Å²) in [6.07, 6.45) is 5.21. The third kappa shape index (κ3) is 3.62. The number of aromatic nitrogens is 2. The van der Waals surface area contributed by atoms with Gasteiger partial charge in [0.1, 0.15) is 36.8 Å². The highest BCUT2D eigenvalue weighted by Crippen LogP contribution is 2.52. The molecule has 0 amide bonds. The number of hydrogen-bond acceptors (Lipinski definition) is 8. The summed E-state index contributed by atoms with van der Waals surface area (Å²) in [4.78, 5) is 13.0. The van der Waals surface area contributed by atoms with Crippen LogP contribution in [0.5, 0.6) is 17.2 Å². The van der Waals surface area contributed by atoms with E-state index in [-0.39, 0.29) is 18.7 Å². The van der Waals surface area contributed by atoms with E-state index >= 15 is 0 Å². The lowest BCUT2D eigenvalue weighted by atomic mass is 9.80. The van der Waals surface area contributed by atoms with Gasteiger partial charge in [0.15, 0.2) is 5.54 Å². The first-order valence-corrected chi connectivity index (χ1v) is 10.5. The monoisotopic (exact) mass is 432 g/mol. The molecule has 32 heavy (non-hydrogen) atoms. The summed E-state index contributed by atoms with van der Waals surface area (Å²) in [6.45, 7) is 5.22. The SMILES string of the molecule is CC(C)OCCOc1ccc2c(c1)[C@]1(COC(N)=N1)c1cc(-c3cncnc3)ccc1O2. The summed E-state index contributed by atoms with van der Waals surface area (Å²) in [5.74, 6) is 2.11. The Hall–Kier alpha value is -3.65. The van der Waals surface area contributed by atoms with Gasteiger partial charge in [0.2, 0.25) is 0 Å². The molecule has 1 aromatic heterocycles. The van der Waals surface area contributed by atoms with Crippen molar-refractivity contribution >= 4 is 6.02 Å². The molecule has 2 aliphatic rings. The molecule has 1 spiro atoms. The third-order valence-corrected chi connectivity index (χ3v) is 5.47. The fourth-order valence-corrected chi connectivity index (χ4v) is 3.99. The predicted molar refractivity (Wildman–Crippen MR) is 119 cm³/mol. The van der Waals surface area contributed by atoms with Crippen LogP contribution in [0, 0.1) is 0 Å². The molecule has 0 bridgehead atoms. The molecule has 2 aromatic carbocycles. The zero-order valence-electron chi connectivity index (χ0n) is 17.9. The second-order valence-electron chi connectivity index (χ2n) is 7.97. The topological polar surface area (TPSA) is 101 Å². The fraction of sp³-hybridized carbons (Fsp3) is 0.292. The maximum Gasteiger partial charge on any atom is 0.283 e. The Balaban J connectivity index is 1.54. The number of rotatable bonds is 6. The van der Waals surface area contributed by atoms with Gasteiger partial charge in [0.25, 0.3) is 6.02 Å². The van der Waals surface area contributed by atoms with Crippen LogP contribution in [0.3, 0.4) is 0 Å². The lowest BCUT2D eigenvalue weighted by Gasteiger charge is -2.34. The summed E-state index contributed by atoms with van der Waals surface area (Å²) in [5, 5.41) is 0. The van der Waals surface area contributed by atoms with Gasteiger partial charge in [-0.2, -0.15) is 0 Å². The number of aliphatic imine (C=N–C) groups is 1. The maximum absolute atomic E-state index is 6.23. The maximum atomic E-state index is 6.23. The van der Waals surface area contributed by atoms with E-state index in [1.54, 1.807) is 12.4 Å². The molecule has 5 rings (SSSR count). The van der Waals surface area contributed by atoms with Crippen molar-refractivity contribution in [2.24, 2.45) is 10.7 Å². The lowest BCUT2D eigenvalue weighted by Crippen LogP contribution is -2.31. The highest BCUT2D eigenvalue weighted by atomic mass is 16.5. The minimum atomic E-state index is -0.827. The third-order valence-electron chi connectivity index (χ3n) is 5.47. The normalized spacial score (nSPS) is 18.5. The molecular formula is C24H24N4O4. The second-order valence-corrected chi connectivity index (χ2v) is 7.97. The van der Waals surface area contributed by atoms with E-state index in [1.807, 2.05) is 50.2 Å². The molecule has 0 fully saturated rings. The van der Waals surface area contributed by atoms with Crippen LogP contribution in [0.15, 0.2) is 60.1 Å².